The zero-order valence-corrected chi connectivity index (χ0v) is 10.5. The average molecular weight is 275 g/mol. The van der Waals surface area contributed by atoms with Crippen molar-refractivity contribution in [1.82, 2.24) is 15.4 Å². The Labute approximate surface area is 109 Å². The van der Waals surface area contributed by atoms with Crippen LogP contribution in [0, 0.1) is 0 Å². The van der Waals surface area contributed by atoms with Crippen LogP contribution in [0.1, 0.15) is 0 Å². The lowest BCUT2D eigenvalue weighted by atomic mass is 10.1. The number of hydrogen-bond donors (Lipinski definition) is 1. The van der Waals surface area contributed by atoms with Gasteiger partial charge < -0.3 is 4.18 Å². The van der Waals surface area contributed by atoms with Gasteiger partial charge in [0, 0.05) is 5.39 Å². The Morgan fingerprint density at radius 1 is 1.05 bits per heavy atom. The van der Waals surface area contributed by atoms with Gasteiger partial charge in [0.1, 0.15) is 11.1 Å². The molecule has 1 N–H and O–H groups in total. The molecule has 6 nitrogen and oxygen atoms in total. The highest BCUT2D eigenvalue weighted by molar-refractivity contribution is 7.87. The molecule has 0 radical (unpaired) electrons. The molecule has 0 unspecified atom stereocenters. The number of aromatic amines is 1. The van der Waals surface area contributed by atoms with Crippen molar-refractivity contribution in [2.24, 2.45) is 0 Å². The third-order valence-corrected chi connectivity index (χ3v) is 3.89. The van der Waals surface area contributed by atoms with Gasteiger partial charge >= 0.3 is 10.1 Å². The van der Waals surface area contributed by atoms with Crippen LogP contribution in [-0.2, 0) is 10.1 Å². The number of nitrogens with zero attached hydrogens (tertiary/aromatic N) is 2. The fourth-order valence-electron chi connectivity index (χ4n) is 1.80. The maximum atomic E-state index is 12.2. The molecule has 3 aromatic rings. The zero-order chi connectivity index (χ0) is 13.3. The number of aromatic nitrogens is 3. The minimum atomic E-state index is -3.93. The molecule has 1 aromatic heterocycles. The number of hydrogen-bond acceptors (Lipinski definition) is 5. The Hall–Kier alpha value is -2.41. The predicted octanol–water partition coefficient (Wildman–Crippen LogP) is 1.73. The van der Waals surface area contributed by atoms with Gasteiger partial charge in [0.15, 0.2) is 0 Å². The van der Waals surface area contributed by atoms with Gasteiger partial charge in [0.25, 0.3) is 5.88 Å². The van der Waals surface area contributed by atoms with Crippen molar-refractivity contribution >= 4 is 20.9 Å². The van der Waals surface area contributed by atoms with Crippen LogP contribution >= 0.6 is 0 Å². The number of nitrogens with one attached hydrogen (secondary N) is 1. The number of rotatable bonds is 3. The van der Waals surface area contributed by atoms with Gasteiger partial charge in [-0.25, -0.2) is 0 Å². The Morgan fingerprint density at radius 2 is 1.84 bits per heavy atom. The highest BCUT2D eigenvalue weighted by Crippen LogP contribution is 2.24. The molecule has 0 aliphatic rings. The second kappa shape index (κ2) is 4.36. The van der Waals surface area contributed by atoms with Gasteiger partial charge in [0.2, 0.25) is 0 Å². The van der Waals surface area contributed by atoms with Crippen LogP contribution in [0.5, 0.6) is 5.88 Å². The maximum Gasteiger partial charge on any atom is 0.341 e. The van der Waals surface area contributed by atoms with E-state index in [-0.39, 0.29) is 10.8 Å². The standard InChI is InChI=1S/C12H9N3O3S/c16-19(17,18-12-8-13-15-14-12)11-7-3-5-9-4-1-2-6-10(9)11/h1-8H,(H,13,14,15). The fourth-order valence-corrected chi connectivity index (χ4v) is 2.90. The zero-order valence-electron chi connectivity index (χ0n) is 9.65. The molecular formula is C12H9N3O3S. The number of benzene rings is 2. The third kappa shape index (κ3) is 2.15. The average Bonchev–Trinajstić information content (AvgIpc) is 2.90. The Bertz CT molecular complexity index is 808. The summed E-state index contributed by atoms with van der Waals surface area (Å²) < 4.78 is 29.3. The van der Waals surface area contributed by atoms with Gasteiger partial charge in [-0.1, -0.05) is 36.4 Å². The highest BCUT2D eigenvalue weighted by Gasteiger charge is 2.20. The van der Waals surface area contributed by atoms with Crippen LogP contribution in [-0.4, -0.2) is 23.8 Å². The second-order valence-electron chi connectivity index (χ2n) is 3.82. The summed E-state index contributed by atoms with van der Waals surface area (Å²) in [5.41, 5.74) is 0. The normalized spacial score (nSPS) is 11.6. The van der Waals surface area contributed by atoms with Crippen molar-refractivity contribution in [3.8, 4) is 5.88 Å². The first kappa shape index (κ1) is 11.7. The largest absolute Gasteiger partial charge is 0.355 e. The molecule has 0 spiro atoms. The summed E-state index contributed by atoms with van der Waals surface area (Å²) in [6.45, 7) is 0. The van der Waals surface area contributed by atoms with E-state index in [1.807, 2.05) is 18.2 Å². The SMILES string of the molecule is O=S(=O)(Oc1cn[nH]n1)c1cccc2ccccc12. The smallest absolute Gasteiger partial charge is 0.341 e. The van der Waals surface area contributed by atoms with Crippen molar-refractivity contribution in [1.29, 1.82) is 0 Å². The lowest BCUT2D eigenvalue weighted by molar-refractivity contribution is 0.476. The Kier molecular flexibility index (Phi) is 2.68. The highest BCUT2D eigenvalue weighted by atomic mass is 32.2. The van der Waals surface area contributed by atoms with E-state index in [0.717, 1.165) is 5.39 Å². The molecule has 0 saturated heterocycles. The first-order chi connectivity index (χ1) is 9.17. The van der Waals surface area contributed by atoms with E-state index in [9.17, 15) is 8.42 Å². The van der Waals surface area contributed by atoms with Gasteiger partial charge in [-0.2, -0.15) is 18.7 Å². The first-order valence-electron chi connectivity index (χ1n) is 5.45. The van der Waals surface area contributed by atoms with E-state index >= 15 is 0 Å². The molecule has 96 valence electrons. The second-order valence-corrected chi connectivity index (χ2v) is 5.34. The van der Waals surface area contributed by atoms with E-state index in [4.69, 9.17) is 4.18 Å². The van der Waals surface area contributed by atoms with Gasteiger partial charge in [-0.3, -0.25) is 0 Å². The van der Waals surface area contributed by atoms with E-state index in [2.05, 4.69) is 15.4 Å². The molecular weight excluding hydrogens is 266 g/mol. The van der Waals surface area contributed by atoms with Crippen LogP contribution in [0.4, 0.5) is 0 Å². The molecule has 0 saturated carbocycles. The fraction of sp³-hybridized carbons (Fsp3) is 0. The van der Waals surface area contributed by atoms with Crippen LogP contribution in [0.2, 0.25) is 0 Å². The van der Waals surface area contributed by atoms with Crippen LogP contribution in [0.3, 0.4) is 0 Å². The monoisotopic (exact) mass is 275 g/mol. The predicted molar refractivity (Wildman–Crippen MR) is 68.1 cm³/mol. The molecule has 0 aliphatic carbocycles. The van der Waals surface area contributed by atoms with Crippen molar-refractivity contribution < 1.29 is 12.6 Å². The van der Waals surface area contributed by atoms with Gasteiger partial charge in [0.05, 0.1) is 0 Å². The summed E-state index contributed by atoms with van der Waals surface area (Å²) in [6, 6.07) is 12.2. The number of H-pyrrole nitrogens is 1. The third-order valence-electron chi connectivity index (χ3n) is 2.61. The van der Waals surface area contributed by atoms with Gasteiger partial charge in [-0.15, -0.1) is 5.10 Å². The summed E-state index contributed by atoms with van der Waals surface area (Å²) in [7, 11) is -3.93. The molecule has 0 bridgehead atoms. The van der Waals surface area contributed by atoms with Crippen molar-refractivity contribution in [2.45, 2.75) is 4.90 Å². The van der Waals surface area contributed by atoms with E-state index in [1.54, 1.807) is 18.2 Å². The molecule has 7 heteroatoms. The van der Waals surface area contributed by atoms with E-state index < -0.39 is 10.1 Å². The molecule has 0 atom stereocenters. The summed E-state index contributed by atoms with van der Waals surface area (Å²) in [4.78, 5) is 0.105. The lowest BCUT2D eigenvalue weighted by Crippen LogP contribution is -2.10. The molecule has 2 aromatic carbocycles. The quantitative estimate of drug-likeness (QED) is 0.736. The first-order valence-corrected chi connectivity index (χ1v) is 6.86. The van der Waals surface area contributed by atoms with Crippen molar-refractivity contribution in [3.05, 3.63) is 48.7 Å². The molecule has 0 amide bonds. The molecule has 3 rings (SSSR count). The minimum absolute atomic E-state index is 0.0899. The van der Waals surface area contributed by atoms with E-state index in [1.165, 1.54) is 12.3 Å². The molecule has 1 heterocycles. The summed E-state index contributed by atoms with van der Waals surface area (Å²) >= 11 is 0. The number of fused-ring (bicyclic) bond motifs is 1. The Balaban J connectivity index is 2.13. The summed E-state index contributed by atoms with van der Waals surface area (Å²) in [5, 5.41) is 10.8. The van der Waals surface area contributed by atoms with Crippen LogP contribution in [0.25, 0.3) is 10.8 Å². The van der Waals surface area contributed by atoms with Crippen LogP contribution in [0.15, 0.2) is 53.6 Å². The topological polar surface area (TPSA) is 84.9 Å². The van der Waals surface area contributed by atoms with E-state index in [0.29, 0.717) is 5.39 Å². The van der Waals surface area contributed by atoms with Crippen LogP contribution < -0.4 is 4.18 Å². The molecule has 0 aliphatic heterocycles. The minimum Gasteiger partial charge on any atom is -0.355 e. The lowest BCUT2D eigenvalue weighted by Gasteiger charge is -2.07. The van der Waals surface area contributed by atoms with Gasteiger partial charge in [-0.05, 0) is 11.5 Å². The molecule has 19 heavy (non-hydrogen) atoms. The summed E-state index contributed by atoms with van der Waals surface area (Å²) in [6.07, 6.45) is 1.20. The molecule has 0 fully saturated rings. The Morgan fingerprint density at radius 3 is 2.63 bits per heavy atom. The van der Waals surface area contributed by atoms with Crippen molar-refractivity contribution in [3.63, 3.8) is 0 Å². The summed E-state index contributed by atoms with van der Waals surface area (Å²) in [5.74, 6) is -0.0899. The maximum absolute atomic E-state index is 12.2. The van der Waals surface area contributed by atoms with Crippen molar-refractivity contribution in [2.75, 3.05) is 0 Å².